The van der Waals surface area contributed by atoms with Crippen LogP contribution in [0.15, 0.2) is 41.5 Å². The quantitative estimate of drug-likeness (QED) is 0.209. The lowest BCUT2D eigenvalue weighted by Gasteiger charge is -2.11. The third-order valence-corrected chi connectivity index (χ3v) is 5.52. The van der Waals surface area contributed by atoms with Gasteiger partial charge in [-0.1, -0.05) is 52.2 Å². The third kappa shape index (κ3) is 8.45. The van der Waals surface area contributed by atoms with Gasteiger partial charge in [-0.2, -0.15) is 5.10 Å². The Morgan fingerprint density at radius 1 is 1.09 bits per heavy atom. The van der Waals surface area contributed by atoms with E-state index in [1.54, 1.807) is 12.1 Å². The van der Waals surface area contributed by atoms with Gasteiger partial charge < -0.3 is 19.9 Å². The van der Waals surface area contributed by atoms with E-state index in [0.717, 1.165) is 17.1 Å². The highest BCUT2D eigenvalue weighted by molar-refractivity contribution is 7.15. The van der Waals surface area contributed by atoms with E-state index in [0.29, 0.717) is 51.3 Å². The second-order valence-corrected chi connectivity index (χ2v) is 8.85. The number of hydrogen-bond donors (Lipinski definition) is 2. The molecule has 3 aromatic rings. The summed E-state index contributed by atoms with van der Waals surface area (Å²) in [7, 11) is 0. The van der Waals surface area contributed by atoms with Crippen LogP contribution in [0.5, 0.6) is 11.5 Å². The molecule has 3 rings (SSSR count). The number of benzene rings is 2. The van der Waals surface area contributed by atoms with Gasteiger partial charge in [0.05, 0.1) is 35.9 Å². The molecule has 1 amide bonds. The number of aromatic nitrogens is 2. The summed E-state index contributed by atoms with van der Waals surface area (Å²) in [6.07, 6.45) is 1.45. The van der Waals surface area contributed by atoms with Gasteiger partial charge in [-0.3, -0.25) is 4.79 Å². The molecular formula is C22H23Cl2N5O4S. The first-order chi connectivity index (χ1) is 16.4. The molecule has 0 aliphatic carbocycles. The van der Waals surface area contributed by atoms with Gasteiger partial charge in [0.1, 0.15) is 24.0 Å². The molecule has 180 valence electrons. The maximum atomic E-state index is 11.9. The van der Waals surface area contributed by atoms with Crippen LogP contribution < -0.4 is 20.6 Å². The molecule has 34 heavy (non-hydrogen) atoms. The Morgan fingerprint density at radius 2 is 1.76 bits per heavy atom. The maximum Gasteiger partial charge on any atom is 0.247 e. The lowest BCUT2D eigenvalue weighted by Crippen LogP contribution is -2.19. The molecule has 0 aliphatic rings. The smallest absolute Gasteiger partial charge is 0.247 e. The van der Waals surface area contributed by atoms with Crippen LogP contribution in [-0.4, -0.2) is 48.7 Å². The van der Waals surface area contributed by atoms with Crippen LogP contribution in [0.25, 0.3) is 0 Å². The minimum atomic E-state index is -0.353. The second kappa shape index (κ2) is 13.1. The zero-order valence-corrected chi connectivity index (χ0v) is 20.6. The fraction of sp³-hybridized carbons (Fsp3) is 0.273. The minimum absolute atomic E-state index is 0.0284. The monoisotopic (exact) mass is 523 g/mol. The van der Waals surface area contributed by atoms with Crippen molar-refractivity contribution >= 4 is 51.8 Å². The molecule has 0 unspecified atom stereocenters. The van der Waals surface area contributed by atoms with Crippen molar-refractivity contribution in [1.82, 2.24) is 15.6 Å². The molecule has 0 spiro atoms. The average Bonchev–Trinajstić information content (AvgIpc) is 3.20. The molecule has 0 saturated heterocycles. The van der Waals surface area contributed by atoms with Crippen molar-refractivity contribution in [2.24, 2.45) is 5.10 Å². The van der Waals surface area contributed by atoms with Crippen LogP contribution in [0.2, 0.25) is 10.0 Å². The molecule has 0 aliphatic heterocycles. The number of ether oxygens (including phenoxy) is 3. The van der Waals surface area contributed by atoms with E-state index in [4.69, 9.17) is 43.1 Å². The summed E-state index contributed by atoms with van der Waals surface area (Å²) in [5, 5.41) is 12.8. The third-order valence-electron chi connectivity index (χ3n) is 4.21. The van der Waals surface area contributed by atoms with Gasteiger partial charge in [0.2, 0.25) is 11.0 Å². The highest BCUT2D eigenvalue weighted by Crippen LogP contribution is 2.33. The molecule has 9 nitrogen and oxygen atoms in total. The number of carbonyl (C=O) groups is 1. The van der Waals surface area contributed by atoms with E-state index in [-0.39, 0.29) is 18.9 Å². The first kappa shape index (κ1) is 25.7. The maximum absolute atomic E-state index is 11.9. The number of nitrogen functional groups attached to an aromatic ring is 1. The van der Waals surface area contributed by atoms with Crippen molar-refractivity contribution in [3.63, 3.8) is 0 Å². The largest absolute Gasteiger partial charge is 0.491 e. The first-order valence-corrected chi connectivity index (χ1v) is 11.8. The molecule has 1 heterocycles. The van der Waals surface area contributed by atoms with Crippen LogP contribution >= 0.6 is 34.5 Å². The number of hydrogen-bond acceptors (Lipinski definition) is 9. The summed E-state index contributed by atoms with van der Waals surface area (Å²) < 4.78 is 16.8. The predicted octanol–water partition coefficient (Wildman–Crippen LogP) is 3.90. The minimum Gasteiger partial charge on any atom is -0.491 e. The van der Waals surface area contributed by atoms with E-state index >= 15 is 0 Å². The molecule has 0 atom stereocenters. The summed E-state index contributed by atoms with van der Waals surface area (Å²) in [6.45, 7) is 3.49. The van der Waals surface area contributed by atoms with Gasteiger partial charge >= 0.3 is 0 Å². The lowest BCUT2D eigenvalue weighted by molar-refractivity contribution is -0.120. The van der Waals surface area contributed by atoms with Gasteiger partial charge in [-0.15, -0.1) is 10.2 Å². The van der Waals surface area contributed by atoms with Crippen molar-refractivity contribution in [2.75, 3.05) is 32.2 Å². The Hall–Kier alpha value is -2.92. The van der Waals surface area contributed by atoms with Gasteiger partial charge in [-0.05, 0) is 36.8 Å². The number of carbonyl (C=O) groups excluding carboxylic acids is 1. The molecule has 0 fully saturated rings. The SMILES string of the molecule is Cc1ccc(OCCOCCOc2c(Cl)cc(C=NNC(=O)Cc3nnc(N)s3)cc2Cl)cc1. The average molecular weight is 524 g/mol. The summed E-state index contributed by atoms with van der Waals surface area (Å²) in [5.41, 5.74) is 9.65. The standard InChI is InChI=1S/C22H23Cl2N5O4S/c1-14-2-4-16(5-3-14)32-8-6-31-7-9-33-21-17(23)10-15(11-18(21)24)13-26-27-19(30)12-20-28-29-22(25)34-20/h2-5,10-11,13H,6-9,12H2,1H3,(H2,25,29)(H,27,30). The number of hydrazone groups is 1. The first-order valence-electron chi connectivity index (χ1n) is 10.2. The van der Waals surface area contributed by atoms with Gasteiger partial charge in [0, 0.05) is 0 Å². The highest BCUT2D eigenvalue weighted by Gasteiger charge is 2.10. The highest BCUT2D eigenvalue weighted by atomic mass is 35.5. The molecule has 1 aromatic heterocycles. The van der Waals surface area contributed by atoms with Crippen LogP contribution in [0.1, 0.15) is 16.1 Å². The van der Waals surface area contributed by atoms with E-state index in [9.17, 15) is 4.79 Å². The molecule has 12 heteroatoms. The van der Waals surface area contributed by atoms with Crippen LogP contribution in [0.3, 0.4) is 0 Å². The zero-order chi connectivity index (χ0) is 24.3. The number of anilines is 1. The van der Waals surface area contributed by atoms with E-state index in [2.05, 4.69) is 20.7 Å². The molecule has 0 bridgehead atoms. The molecule has 2 aromatic carbocycles. The van der Waals surface area contributed by atoms with Crippen LogP contribution in [0.4, 0.5) is 5.13 Å². The fourth-order valence-corrected chi connectivity index (χ4v) is 3.86. The topological polar surface area (TPSA) is 121 Å². The van der Waals surface area contributed by atoms with Crippen molar-refractivity contribution in [1.29, 1.82) is 0 Å². The fourth-order valence-electron chi connectivity index (χ4n) is 2.64. The van der Waals surface area contributed by atoms with Crippen LogP contribution in [0, 0.1) is 6.92 Å². The van der Waals surface area contributed by atoms with Crippen molar-refractivity contribution < 1.29 is 19.0 Å². The Morgan fingerprint density at radius 3 is 2.41 bits per heavy atom. The molecular weight excluding hydrogens is 501 g/mol. The normalized spacial score (nSPS) is 11.0. The van der Waals surface area contributed by atoms with Gasteiger partial charge in [0.25, 0.3) is 0 Å². The number of aryl methyl sites for hydroxylation is 1. The van der Waals surface area contributed by atoms with Crippen molar-refractivity contribution in [2.45, 2.75) is 13.3 Å². The zero-order valence-electron chi connectivity index (χ0n) is 18.3. The Kier molecular flexibility index (Phi) is 9.89. The van der Waals surface area contributed by atoms with Crippen LogP contribution in [-0.2, 0) is 16.0 Å². The number of rotatable bonds is 12. The summed E-state index contributed by atoms with van der Waals surface area (Å²) in [4.78, 5) is 11.9. The van der Waals surface area contributed by atoms with E-state index in [1.165, 1.54) is 11.8 Å². The summed E-state index contributed by atoms with van der Waals surface area (Å²) in [5.74, 6) is 0.793. The van der Waals surface area contributed by atoms with E-state index < -0.39 is 0 Å². The Labute approximate surface area is 210 Å². The number of nitrogens with two attached hydrogens (primary N) is 1. The van der Waals surface area contributed by atoms with Crippen molar-refractivity contribution in [3.05, 3.63) is 62.6 Å². The second-order valence-electron chi connectivity index (χ2n) is 6.94. The molecule has 3 N–H and O–H groups in total. The lowest BCUT2D eigenvalue weighted by atomic mass is 10.2. The van der Waals surface area contributed by atoms with Gasteiger partial charge in [0.15, 0.2) is 5.75 Å². The molecule has 0 saturated carbocycles. The van der Waals surface area contributed by atoms with E-state index in [1.807, 2.05) is 31.2 Å². The number of halogens is 2. The number of nitrogens with one attached hydrogen (secondary N) is 1. The Balaban J connectivity index is 1.37. The number of nitrogens with zero attached hydrogens (tertiary/aromatic N) is 3. The van der Waals surface area contributed by atoms with Crippen molar-refractivity contribution in [3.8, 4) is 11.5 Å². The predicted molar refractivity (Wildman–Crippen MR) is 133 cm³/mol. The molecule has 0 radical (unpaired) electrons. The summed E-state index contributed by atoms with van der Waals surface area (Å²) in [6, 6.07) is 11.1. The summed E-state index contributed by atoms with van der Waals surface area (Å²) >= 11 is 13.7. The Bertz CT molecular complexity index is 1100. The number of amides is 1. The van der Waals surface area contributed by atoms with Gasteiger partial charge in [-0.25, -0.2) is 5.43 Å².